The van der Waals surface area contributed by atoms with Crippen molar-refractivity contribution in [3.8, 4) is 0 Å². The van der Waals surface area contributed by atoms with E-state index in [1.54, 1.807) is 19.3 Å². The molecule has 1 spiro atoms. The number of carbonyl (C=O) groups is 3. The van der Waals surface area contributed by atoms with Crippen LogP contribution in [0.5, 0.6) is 0 Å². The molecule has 4 rings (SSSR count). The lowest BCUT2D eigenvalue weighted by atomic mass is 9.76. The van der Waals surface area contributed by atoms with Crippen LogP contribution in [0.15, 0.2) is 12.3 Å². The van der Waals surface area contributed by atoms with Gasteiger partial charge in [-0.1, -0.05) is 0 Å². The zero-order chi connectivity index (χ0) is 18.5. The molecule has 1 aliphatic carbocycles. The van der Waals surface area contributed by atoms with Gasteiger partial charge in [-0.05, 0) is 43.6 Å². The number of piperidine rings is 1. The molecule has 2 saturated heterocycles. The molecule has 0 bridgehead atoms. The quantitative estimate of drug-likeness (QED) is 0.858. The van der Waals surface area contributed by atoms with E-state index in [4.69, 9.17) is 0 Å². The number of aryl methyl sites for hydroxylation is 1. The summed E-state index contributed by atoms with van der Waals surface area (Å²) in [4.78, 5) is 40.2. The van der Waals surface area contributed by atoms with Crippen molar-refractivity contribution in [2.24, 2.45) is 18.4 Å². The summed E-state index contributed by atoms with van der Waals surface area (Å²) in [6.45, 7) is 1.74. The van der Waals surface area contributed by atoms with Crippen molar-refractivity contribution >= 4 is 17.8 Å². The Morgan fingerprint density at radius 2 is 1.92 bits per heavy atom. The zero-order valence-corrected chi connectivity index (χ0v) is 14.9. The van der Waals surface area contributed by atoms with Crippen molar-refractivity contribution < 1.29 is 19.5 Å². The summed E-state index contributed by atoms with van der Waals surface area (Å²) in [6.07, 6.45) is 5.62. The average molecular weight is 360 g/mol. The second-order valence-corrected chi connectivity index (χ2v) is 7.97. The smallest absolute Gasteiger partial charge is 0.326 e. The monoisotopic (exact) mass is 360 g/mol. The van der Waals surface area contributed by atoms with Crippen LogP contribution in [0.1, 0.15) is 42.6 Å². The summed E-state index contributed by atoms with van der Waals surface area (Å²) in [5.74, 6) is -0.843. The van der Waals surface area contributed by atoms with Crippen molar-refractivity contribution in [2.75, 3.05) is 19.6 Å². The maximum Gasteiger partial charge on any atom is 0.326 e. The molecule has 3 fully saturated rings. The Morgan fingerprint density at radius 3 is 2.46 bits per heavy atom. The zero-order valence-electron chi connectivity index (χ0n) is 14.9. The lowest BCUT2D eigenvalue weighted by Gasteiger charge is -2.39. The molecule has 1 atom stereocenters. The van der Waals surface area contributed by atoms with E-state index in [0.717, 1.165) is 25.7 Å². The van der Waals surface area contributed by atoms with Gasteiger partial charge in [-0.15, -0.1) is 0 Å². The van der Waals surface area contributed by atoms with Crippen LogP contribution in [0.4, 0.5) is 0 Å². The molecule has 140 valence electrons. The molecule has 26 heavy (non-hydrogen) atoms. The largest absolute Gasteiger partial charge is 0.480 e. The number of hydrogen-bond acceptors (Lipinski definition) is 4. The summed E-state index contributed by atoms with van der Waals surface area (Å²) in [5.41, 5.74) is 0.0607. The summed E-state index contributed by atoms with van der Waals surface area (Å²) in [7, 11) is 1.73. The van der Waals surface area contributed by atoms with Crippen molar-refractivity contribution in [2.45, 2.75) is 38.1 Å². The first kappa shape index (κ1) is 17.1. The van der Waals surface area contributed by atoms with E-state index in [1.807, 2.05) is 4.90 Å². The molecule has 2 aliphatic heterocycles. The van der Waals surface area contributed by atoms with Gasteiger partial charge in [0.2, 0.25) is 5.91 Å². The Hall–Kier alpha value is -2.38. The maximum absolute atomic E-state index is 12.8. The Morgan fingerprint density at radius 1 is 1.23 bits per heavy atom. The lowest BCUT2D eigenvalue weighted by Crippen LogP contribution is -2.45. The van der Waals surface area contributed by atoms with E-state index in [1.165, 1.54) is 9.58 Å². The Labute approximate surface area is 151 Å². The highest BCUT2D eigenvalue weighted by atomic mass is 16.4. The van der Waals surface area contributed by atoms with Gasteiger partial charge in [-0.2, -0.15) is 5.10 Å². The van der Waals surface area contributed by atoms with Gasteiger partial charge in [-0.3, -0.25) is 14.3 Å². The van der Waals surface area contributed by atoms with Gasteiger partial charge in [-0.25, -0.2) is 4.79 Å². The topological polar surface area (TPSA) is 95.7 Å². The Kier molecular flexibility index (Phi) is 4.00. The van der Waals surface area contributed by atoms with Crippen LogP contribution in [-0.4, -0.2) is 68.1 Å². The molecule has 1 saturated carbocycles. The minimum atomic E-state index is -0.970. The molecule has 8 nitrogen and oxygen atoms in total. The normalized spacial score (nSPS) is 24.9. The number of amides is 2. The maximum atomic E-state index is 12.8. The van der Waals surface area contributed by atoms with Crippen molar-refractivity contribution in [1.29, 1.82) is 0 Å². The first-order valence-electron chi connectivity index (χ1n) is 9.21. The highest BCUT2D eigenvalue weighted by Gasteiger charge is 2.51. The number of aliphatic carboxylic acids is 1. The lowest BCUT2D eigenvalue weighted by molar-refractivity contribution is -0.141. The Balaban J connectivity index is 1.48. The summed E-state index contributed by atoms with van der Waals surface area (Å²) >= 11 is 0. The van der Waals surface area contributed by atoms with Crippen LogP contribution < -0.4 is 0 Å². The molecule has 1 N–H and O–H groups in total. The minimum Gasteiger partial charge on any atom is -0.480 e. The molecule has 0 aromatic carbocycles. The van der Waals surface area contributed by atoms with Crippen molar-refractivity contribution in [1.82, 2.24) is 19.6 Å². The molecule has 3 heterocycles. The molecule has 1 aromatic rings. The Bertz CT molecular complexity index is 746. The van der Waals surface area contributed by atoms with Crippen molar-refractivity contribution in [3.05, 3.63) is 18.0 Å². The number of aromatic nitrogens is 2. The molecule has 1 aromatic heterocycles. The van der Waals surface area contributed by atoms with Gasteiger partial charge in [0, 0.05) is 38.8 Å². The third kappa shape index (κ3) is 2.97. The van der Waals surface area contributed by atoms with Gasteiger partial charge in [0.1, 0.15) is 11.7 Å². The first-order valence-corrected chi connectivity index (χ1v) is 9.21. The fourth-order valence-electron chi connectivity index (χ4n) is 4.32. The molecule has 0 radical (unpaired) electrons. The molecule has 2 amide bonds. The number of rotatable bonds is 3. The number of nitrogens with zero attached hydrogens (tertiary/aromatic N) is 4. The number of hydrogen-bond donors (Lipinski definition) is 1. The molecule has 8 heteroatoms. The van der Waals surface area contributed by atoms with Crippen LogP contribution in [0.2, 0.25) is 0 Å². The van der Waals surface area contributed by atoms with Gasteiger partial charge in [0.25, 0.3) is 5.91 Å². The second kappa shape index (κ2) is 6.10. The van der Waals surface area contributed by atoms with Gasteiger partial charge < -0.3 is 14.9 Å². The van der Waals surface area contributed by atoms with E-state index in [2.05, 4.69) is 5.10 Å². The van der Waals surface area contributed by atoms with Gasteiger partial charge >= 0.3 is 5.97 Å². The van der Waals surface area contributed by atoms with E-state index in [0.29, 0.717) is 26.1 Å². The van der Waals surface area contributed by atoms with Gasteiger partial charge in [0.15, 0.2) is 0 Å². The number of carbonyl (C=O) groups excluding carboxylic acids is 2. The fourth-order valence-corrected chi connectivity index (χ4v) is 4.32. The second-order valence-electron chi connectivity index (χ2n) is 7.97. The summed E-state index contributed by atoms with van der Waals surface area (Å²) in [6, 6.07) is 0.790. The van der Waals surface area contributed by atoms with Crippen LogP contribution in [0, 0.1) is 11.3 Å². The minimum absolute atomic E-state index is 0.210. The highest BCUT2D eigenvalue weighted by Crippen LogP contribution is 2.44. The third-order valence-corrected chi connectivity index (χ3v) is 6.05. The van der Waals surface area contributed by atoms with Crippen LogP contribution in [0.3, 0.4) is 0 Å². The predicted octanol–water partition coefficient (Wildman–Crippen LogP) is 0.738. The van der Waals surface area contributed by atoms with E-state index >= 15 is 0 Å². The third-order valence-electron chi connectivity index (χ3n) is 6.05. The number of likely N-dealkylation sites (tertiary alicyclic amines) is 2. The summed E-state index contributed by atoms with van der Waals surface area (Å²) < 4.78 is 1.54. The molecule has 3 aliphatic rings. The summed E-state index contributed by atoms with van der Waals surface area (Å²) in [5, 5.41) is 13.8. The van der Waals surface area contributed by atoms with Gasteiger partial charge in [0.05, 0.1) is 0 Å². The SMILES string of the molecule is Cn1ccc(C(=O)N2CC3(CCN(C(=O)C4CC4)CC3)C[C@H]2C(=O)O)n1. The molecular formula is C18H24N4O4. The number of carboxylic acid groups (broad SMARTS) is 1. The van der Waals surface area contributed by atoms with E-state index < -0.39 is 12.0 Å². The molecule has 0 unspecified atom stereocenters. The average Bonchev–Trinajstić information content (AvgIpc) is 3.28. The highest BCUT2D eigenvalue weighted by molar-refractivity contribution is 5.95. The van der Waals surface area contributed by atoms with Crippen molar-refractivity contribution in [3.63, 3.8) is 0 Å². The van der Waals surface area contributed by atoms with E-state index in [-0.39, 0.29) is 28.8 Å². The van der Waals surface area contributed by atoms with Crippen LogP contribution in [0.25, 0.3) is 0 Å². The molecular weight excluding hydrogens is 336 g/mol. The van der Waals surface area contributed by atoms with E-state index in [9.17, 15) is 19.5 Å². The van der Waals surface area contributed by atoms with Crippen LogP contribution in [-0.2, 0) is 16.6 Å². The first-order chi connectivity index (χ1) is 12.4. The standard InChI is InChI=1S/C18H24N4O4/c1-20-7-4-13(19-20)16(24)22-11-18(10-14(22)17(25)26)5-8-21(9-6-18)15(23)12-2-3-12/h4,7,12,14H,2-3,5-6,8-11H2,1H3,(H,25,26)/t14-/m0/s1. The predicted molar refractivity (Wildman–Crippen MR) is 91.3 cm³/mol. The van der Waals surface area contributed by atoms with Crippen LogP contribution >= 0.6 is 0 Å². The number of carboxylic acids is 1. The fraction of sp³-hybridized carbons (Fsp3) is 0.667.